The van der Waals surface area contributed by atoms with E-state index in [4.69, 9.17) is 5.84 Å². The molecule has 3 N–H and O–H groups in total. The van der Waals surface area contributed by atoms with Crippen LogP contribution in [0, 0.1) is 15.2 Å². The third kappa shape index (κ3) is 2.68. The van der Waals surface area contributed by atoms with E-state index in [-0.39, 0.29) is 5.56 Å². The largest absolute Gasteiger partial charge is 0.271 e. The van der Waals surface area contributed by atoms with Crippen molar-refractivity contribution in [3.8, 4) is 0 Å². The molecular formula is C13H11F2IN2. The highest BCUT2D eigenvalue weighted by molar-refractivity contribution is 14.1. The Bertz CT molecular complexity index is 543. The number of nitrogens with one attached hydrogen (secondary N) is 1. The van der Waals surface area contributed by atoms with E-state index >= 15 is 0 Å². The summed E-state index contributed by atoms with van der Waals surface area (Å²) >= 11 is 2.17. The molecule has 0 aliphatic heterocycles. The lowest BCUT2D eigenvalue weighted by molar-refractivity contribution is 0.483. The van der Waals surface area contributed by atoms with E-state index in [1.165, 1.54) is 12.1 Å². The van der Waals surface area contributed by atoms with Crippen molar-refractivity contribution in [3.63, 3.8) is 0 Å². The number of rotatable bonds is 3. The standard InChI is InChI=1S/C13H11F2IN2/c14-11-3-1-2-10(12(11)15)13(18-17)8-4-6-9(16)7-5-8/h1-7,13,18H,17H2. The maximum Gasteiger partial charge on any atom is 0.163 e. The van der Waals surface area contributed by atoms with Gasteiger partial charge in [-0.15, -0.1) is 0 Å². The quantitative estimate of drug-likeness (QED) is 0.502. The topological polar surface area (TPSA) is 38.0 Å². The molecule has 0 aromatic heterocycles. The van der Waals surface area contributed by atoms with Crippen molar-refractivity contribution < 1.29 is 8.78 Å². The van der Waals surface area contributed by atoms with E-state index in [1.54, 1.807) is 0 Å². The SMILES string of the molecule is NNC(c1ccc(I)cc1)c1cccc(F)c1F. The normalized spacial score (nSPS) is 12.4. The summed E-state index contributed by atoms with van der Waals surface area (Å²) in [7, 11) is 0. The third-order valence-corrected chi connectivity index (χ3v) is 3.38. The number of hydrogen-bond donors (Lipinski definition) is 2. The van der Waals surface area contributed by atoms with Crippen molar-refractivity contribution in [2.24, 2.45) is 5.84 Å². The molecule has 0 aliphatic carbocycles. The van der Waals surface area contributed by atoms with Crippen LogP contribution in [0.4, 0.5) is 8.78 Å². The molecule has 0 amide bonds. The minimum absolute atomic E-state index is 0.193. The molecule has 0 bridgehead atoms. The van der Waals surface area contributed by atoms with Gasteiger partial charge in [0, 0.05) is 9.13 Å². The zero-order valence-electron chi connectivity index (χ0n) is 9.33. The lowest BCUT2D eigenvalue weighted by atomic mass is 9.99. The van der Waals surface area contributed by atoms with Gasteiger partial charge < -0.3 is 0 Å². The highest BCUT2D eigenvalue weighted by Crippen LogP contribution is 2.25. The minimum Gasteiger partial charge on any atom is -0.271 e. The van der Waals surface area contributed by atoms with Gasteiger partial charge in [-0.05, 0) is 46.4 Å². The first-order chi connectivity index (χ1) is 8.63. The fraction of sp³-hybridized carbons (Fsp3) is 0.0769. The van der Waals surface area contributed by atoms with Crippen LogP contribution in [0.15, 0.2) is 42.5 Å². The Balaban J connectivity index is 2.45. The first-order valence-electron chi connectivity index (χ1n) is 5.29. The van der Waals surface area contributed by atoms with Gasteiger partial charge >= 0.3 is 0 Å². The van der Waals surface area contributed by atoms with Crippen LogP contribution in [-0.2, 0) is 0 Å². The van der Waals surface area contributed by atoms with E-state index < -0.39 is 17.7 Å². The summed E-state index contributed by atoms with van der Waals surface area (Å²) in [5, 5.41) is 0. The van der Waals surface area contributed by atoms with Crippen molar-refractivity contribution in [2.75, 3.05) is 0 Å². The molecule has 0 radical (unpaired) electrons. The maximum atomic E-state index is 13.7. The van der Waals surface area contributed by atoms with Gasteiger partial charge in [-0.3, -0.25) is 5.84 Å². The molecule has 0 fully saturated rings. The van der Waals surface area contributed by atoms with Crippen molar-refractivity contribution in [3.05, 3.63) is 68.8 Å². The maximum absolute atomic E-state index is 13.7. The van der Waals surface area contributed by atoms with E-state index in [2.05, 4.69) is 28.0 Å². The molecule has 2 aromatic carbocycles. The molecule has 0 spiro atoms. The van der Waals surface area contributed by atoms with Gasteiger partial charge in [-0.25, -0.2) is 14.2 Å². The lowest BCUT2D eigenvalue weighted by Gasteiger charge is -2.17. The van der Waals surface area contributed by atoms with Crippen LogP contribution in [0.25, 0.3) is 0 Å². The molecule has 1 atom stereocenters. The number of halogens is 3. The average Bonchev–Trinajstić information content (AvgIpc) is 2.37. The zero-order valence-corrected chi connectivity index (χ0v) is 11.5. The van der Waals surface area contributed by atoms with Crippen molar-refractivity contribution in [1.82, 2.24) is 5.43 Å². The molecule has 0 saturated heterocycles. The molecule has 1 unspecified atom stereocenters. The second kappa shape index (κ2) is 5.73. The van der Waals surface area contributed by atoms with Crippen LogP contribution in [-0.4, -0.2) is 0 Å². The van der Waals surface area contributed by atoms with E-state index in [1.807, 2.05) is 24.3 Å². The fourth-order valence-corrected chi connectivity index (χ4v) is 2.12. The smallest absolute Gasteiger partial charge is 0.163 e. The van der Waals surface area contributed by atoms with Gasteiger partial charge in [-0.1, -0.05) is 24.3 Å². The number of hydrogen-bond acceptors (Lipinski definition) is 2. The van der Waals surface area contributed by atoms with Gasteiger partial charge in [0.15, 0.2) is 11.6 Å². The monoisotopic (exact) mass is 360 g/mol. The highest BCUT2D eigenvalue weighted by Gasteiger charge is 2.18. The summed E-state index contributed by atoms with van der Waals surface area (Å²) in [6.45, 7) is 0. The van der Waals surface area contributed by atoms with Gasteiger partial charge in [0.05, 0.1) is 6.04 Å². The van der Waals surface area contributed by atoms with E-state index in [0.717, 1.165) is 15.2 Å². The number of hydrazine groups is 1. The Kier molecular flexibility index (Phi) is 4.26. The molecule has 2 nitrogen and oxygen atoms in total. The van der Waals surface area contributed by atoms with Crippen LogP contribution in [0.2, 0.25) is 0 Å². The van der Waals surface area contributed by atoms with Gasteiger partial charge in [-0.2, -0.15) is 0 Å². The number of nitrogens with two attached hydrogens (primary N) is 1. The molecule has 18 heavy (non-hydrogen) atoms. The second-order valence-corrected chi connectivity index (χ2v) is 5.04. The Morgan fingerprint density at radius 2 is 1.72 bits per heavy atom. The predicted octanol–water partition coefficient (Wildman–Crippen LogP) is 3.12. The van der Waals surface area contributed by atoms with Gasteiger partial charge in [0.1, 0.15) is 0 Å². The number of benzene rings is 2. The molecule has 5 heteroatoms. The molecule has 94 valence electrons. The Hall–Kier alpha value is -1.05. The molecule has 2 aromatic rings. The first kappa shape index (κ1) is 13.4. The summed E-state index contributed by atoms with van der Waals surface area (Å²) in [5.41, 5.74) is 3.49. The summed E-state index contributed by atoms with van der Waals surface area (Å²) in [6.07, 6.45) is 0. The summed E-state index contributed by atoms with van der Waals surface area (Å²) in [6, 6.07) is 10.9. The molecule has 0 saturated carbocycles. The second-order valence-electron chi connectivity index (χ2n) is 3.79. The molecule has 0 aliphatic rings. The highest BCUT2D eigenvalue weighted by atomic mass is 127. The lowest BCUT2D eigenvalue weighted by Crippen LogP contribution is -2.29. The Morgan fingerprint density at radius 3 is 2.33 bits per heavy atom. The zero-order chi connectivity index (χ0) is 13.1. The van der Waals surface area contributed by atoms with Crippen molar-refractivity contribution >= 4 is 22.6 Å². The van der Waals surface area contributed by atoms with Crippen LogP contribution in [0.1, 0.15) is 17.2 Å². The van der Waals surface area contributed by atoms with Crippen LogP contribution in [0.3, 0.4) is 0 Å². The van der Waals surface area contributed by atoms with Gasteiger partial charge in [0.2, 0.25) is 0 Å². The van der Waals surface area contributed by atoms with Crippen LogP contribution in [0.5, 0.6) is 0 Å². The summed E-state index contributed by atoms with van der Waals surface area (Å²) < 4.78 is 28.0. The van der Waals surface area contributed by atoms with Gasteiger partial charge in [0.25, 0.3) is 0 Å². The average molecular weight is 360 g/mol. The Morgan fingerprint density at radius 1 is 1.06 bits per heavy atom. The minimum atomic E-state index is -0.877. The first-order valence-corrected chi connectivity index (χ1v) is 6.37. The van der Waals surface area contributed by atoms with Crippen LogP contribution < -0.4 is 11.3 Å². The molecule has 0 heterocycles. The summed E-state index contributed by atoms with van der Waals surface area (Å²) in [4.78, 5) is 0. The Labute approximate surface area is 117 Å². The predicted molar refractivity (Wildman–Crippen MR) is 74.7 cm³/mol. The third-order valence-electron chi connectivity index (χ3n) is 2.66. The van der Waals surface area contributed by atoms with Crippen LogP contribution >= 0.6 is 22.6 Å². The van der Waals surface area contributed by atoms with E-state index in [9.17, 15) is 8.78 Å². The molecule has 2 rings (SSSR count). The van der Waals surface area contributed by atoms with Crippen molar-refractivity contribution in [1.29, 1.82) is 0 Å². The summed E-state index contributed by atoms with van der Waals surface area (Å²) in [5.74, 6) is 3.70. The van der Waals surface area contributed by atoms with E-state index in [0.29, 0.717) is 0 Å². The molecular weight excluding hydrogens is 349 g/mol. The fourth-order valence-electron chi connectivity index (χ4n) is 1.76. The van der Waals surface area contributed by atoms with Crippen molar-refractivity contribution in [2.45, 2.75) is 6.04 Å².